The molecule has 1 amide bonds. The first-order valence-corrected chi connectivity index (χ1v) is 9.50. The van der Waals surface area contributed by atoms with Crippen LogP contribution in [0.3, 0.4) is 0 Å². The highest BCUT2D eigenvalue weighted by atomic mass is 19.1. The Bertz CT molecular complexity index is 826. The smallest absolute Gasteiger partial charge is 0.260 e. The number of aryl methyl sites for hydroxylation is 1. The number of hydrogen-bond donors (Lipinski definition) is 0. The number of ether oxygens (including phenoxy) is 1. The molecular formula is C22H26F2N2O2. The summed E-state index contributed by atoms with van der Waals surface area (Å²) in [5.41, 5.74) is 1.72. The van der Waals surface area contributed by atoms with Gasteiger partial charge in [-0.15, -0.1) is 0 Å². The van der Waals surface area contributed by atoms with Crippen molar-refractivity contribution in [2.45, 2.75) is 39.4 Å². The van der Waals surface area contributed by atoms with E-state index in [9.17, 15) is 13.6 Å². The van der Waals surface area contributed by atoms with Crippen molar-refractivity contribution in [3.8, 4) is 5.75 Å². The van der Waals surface area contributed by atoms with E-state index in [1.807, 2.05) is 11.8 Å². The van der Waals surface area contributed by atoms with Crippen LogP contribution >= 0.6 is 0 Å². The van der Waals surface area contributed by atoms with Gasteiger partial charge in [0.05, 0.1) is 0 Å². The first kappa shape index (κ1) is 20.3. The van der Waals surface area contributed by atoms with Crippen molar-refractivity contribution in [3.63, 3.8) is 0 Å². The average molecular weight is 388 g/mol. The second kappa shape index (κ2) is 8.69. The third kappa shape index (κ3) is 4.87. The number of rotatable bonds is 5. The van der Waals surface area contributed by atoms with Crippen molar-refractivity contribution in [1.82, 2.24) is 9.80 Å². The van der Waals surface area contributed by atoms with Gasteiger partial charge in [0.1, 0.15) is 17.4 Å². The maximum Gasteiger partial charge on any atom is 0.260 e. The van der Waals surface area contributed by atoms with E-state index in [4.69, 9.17) is 4.74 Å². The van der Waals surface area contributed by atoms with Crippen molar-refractivity contribution in [1.29, 1.82) is 0 Å². The maximum atomic E-state index is 13.2. The summed E-state index contributed by atoms with van der Waals surface area (Å²) in [4.78, 5) is 16.8. The van der Waals surface area contributed by atoms with Gasteiger partial charge in [-0.25, -0.2) is 8.78 Å². The van der Waals surface area contributed by atoms with Crippen molar-refractivity contribution in [2.24, 2.45) is 0 Å². The Balaban J connectivity index is 1.57. The number of hydrogen-bond acceptors (Lipinski definition) is 3. The van der Waals surface area contributed by atoms with E-state index in [1.165, 1.54) is 24.3 Å². The molecule has 0 saturated carbocycles. The Kier molecular flexibility index (Phi) is 6.29. The summed E-state index contributed by atoms with van der Waals surface area (Å²) in [6, 6.07) is 11.0. The molecule has 1 aliphatic heterocycles. The number of piperazine rings is 1. The molecule has 1 aliphatic rings. The first-order chi connectivity index (χ1) is 13.3. The predicted molar refractivity (Wildman–Crippen MR) is 104 cm³/mol. The second-order valence-electron chi connectivity index (χ2n) is 7.50. The highest BCUT2D eigenvalue weighted by molar-refractivity contribution is 5.78. The first-order valence-electron chi connectivity index (χ1n) is 9.50. The van der Waals surface area contributed by atoms with Crippen LogP contribution in [0.15, 0.2) is 42.5 Å². The SMILES string of the molecule is Cc1cc(F)ccc1OCC(=O)N1C[C@H](C)N(Cc2ccc(F)cc2)C[C@H]1C. The lowest BCUT2D eigenvalue weighted by atomic mass is 10.1. The van der Waals surface area contributed by atoms with Crippen LogP contribution in [0.25, 0.3) is 0 Å². The van der Waals surface area contributed by atoms with Gasteiger partial charge in [0.2, 0.25) is 0 Å². The van der Waals surface area contributed by atoms with Crippen LogP contribution in [0, 0.1) is 18.6 Å². The zero-order valence-electron chi connectivity index (χ0n) is 16.5. The standard InChI is InChI=1S/C22H26F2N2O2/c1-15-10-20(24)8-9-21(15)28-14-22(27)26-12-16(2)25(11-17(26)3)13-18-4-6-19(23)7-5-18/h4-10,16-17H,11-14H2,1-3H3/t16-,17+/m0/s1. The summed E-state index contributed by atoms with van der Waals surface area (Å²) in [6.45, 7) is 7.85. The molecule has 28 heavy (non-hydrogen) atoms. The fraction of sp³-hybridized carbons (Fsp3) is 0.409. The molecule has 150 valence electrons. The zero-order valence-corrected chi connectivity index (χ0v) is 16.5. The number of carbonyl (C=O) groups excluding carboxylic acids is 1. The topological polar surface area (TPSA) is 32.8 Å². The van der Waals surface area contributed by atoms with Crippen LogP contribution in [0.4, 0.5) is 8.78 Å². The van der Waals surface area contributed by atoms with Crippen LogP contribution in [0.5, 0.6) is 5.75 Å². The van der Waals surface area contributed by atoms with Crippen molar-refractivity contribution in [2.75, 3.05) is 19.7 Å². The third-order valence-corrected chi connectivity index (χ3v) is 5.22. The highest BCUT2D eigenvalue weighted by Crippen LogP contribution is 2.21. The molecule has 2 aromatic rings. The number of halogens is 2. The van der Waals surface area contributed by atoms with Crippen LogP contribution in [-0.4, -0.2) is 47.5 Å². The fourth-order valence-corrected chi connectivity index (χ4v) is 3.59. The van der Waals surface area contributed by atoms with Crippen LogP contribution in [-0.2, 0) is 11.3 Å². The largest absolute Gasteiger partial charge is 0.483 e. The van der Waals surface area contributed by atoms with E-state index in [0.29, 0.717) is 17.9 Å². The summed E-state index contributed by atoms with van der Waals surface area (Å²) in [6.07, 6.45) is 0. The third-order valence-electron chi connectivity index (χ3n) is 5.22. The van der Waals surface area contributed by atoms with Gasteiger partial charge in [0.15, 0.2) is 6.61 Å². The van der Waals surface area contributed by atoms with Gasteiger partial charge >= 0.3 is 0 Å². The van der Waals surface area contributed by atoms with E-state index >= 15 is 0 Å². The Morgan fingerprint density at radius 2 is 1.71 bits per heavy atom. The molecule has 0 unspecified atom stereocenters. The summed E-state index contributed by atoms with van der Waals surface area (Å²) >= 11 is 0. The molecule has 0 aliphatic carbocycles. The minimum Gasteiger partial charge on any atom is -0.483 e. The summed E-state index contributed by atoms with van der Waals surface area (Å²) < 4.78 is 31.9. The molecule has 1 saturated heterocycles. The lowest BCUT2D eigenvalue weighted by molar-refractivity contribution is -0.139. The van der Waals surface area contributed by atoms with Gasteiger partial charge in [-0.05, 0) is 62.2 Å². The van der Waals surface area contributed by atoms with Crippen molar-refractivity contribution >= 4 is 5.91 Å². The van der Waals surface area contributed by atoms with Gasteiger partial charge < -0.3 is 9.64 Å². The maximum absolute atomic E-state index is 13.2. The summed E-state index contributed by atoms with van der Waals surface area (Å²) in [5, 5.41) is 0. The number of carbonyl (C=O) groups is 1. The van der Waals surface area contributed by atoms with Crippen LogP contribution in [0.2, 0.25) is 0 Å². The Hall–Kier alpha value is -2.47. The van der Waals surface area contributed by atoms with E-state index in [2.05, 4.69) is 11.8 Å². The van der Waals surface area contributed by atoms with Gasteiger partial charge in [-0.1, -0.05) is 12.1 Å². The molecule has 1 heterocycles. The lowest BCUT2D eigenvalue weighted by Gasteiger charge is -2.44. The molecule has 0 aromatic heterocycles. The Morgan fingerprint density at radius 1 is 1.04 bits per heavy atom. The second-order valence-corrected chi connectivity index (χ2v) is 7.50. The zero-order chi connectivity index (χ0) is 20.3. The van der Waals surface area contributed by atoms with E-state index in [0.717, 1.165) is 18.7 Å². The fourth-order valence-electron chi connectivity index (χ4n) is 3.59. The predicted octanol–water partition coefficient (Wildman–Crippen LogP) is 3.77. The van der Waals surface area contributed by atoms with Crippen LogP contribution in [0.1, 0.15) is 25.0 Å². The highest BCUT2D eigenvalue weighted by Gasteiger charge is 2.32. The number of nitrogens with zero attached hydrogens (tertiary/aromatic N) is 2. The van der Waals surface area contributed by atoms with E-state index in [-0.39, 0.29) is 36.2 Å². The molecular weight excluding hydrogens is 362 g/mol. The number of benzene rings is 2. The van der Waals surface area contributed by atoms with Gasteiger partial charge in [-0.3, -0.25) is 9.69 Å². The van der Waals surface area contributed by atoms with Gasteiger partial charge in [-0.2, -0.15) is 0 Å². The molecule has 6 heteroatoms. The molecule has 0 N–H and O–H groups in total. The molecule has 2 aromatic carbocycles. The van der Waals surface area contributed by atoms with E-state index in [1.54, 1.807) is 25.1 Å². The molecule has 0 spiro atoms. The minimum atomic E-state index is -0.323. The molecule has 4 nitrogen and oxygen atoms in total. The molecule has 3 rings (SSSR count). The molecule has 0 bridgehead atoms. The Labute approximate surface area is 164 Å². The molecule has 1 fully saturated rings. The Morgan fingerprint density at radius 3 is 2.39 bits per heavy atom. The summed E-state index contributed by atoms with van der Waals surface area (Å²) in [7, 11) is 0. The average Bonchev–Trinajstić information content (AvgIpc) is 2.65. The normalized spacial score (nSPS) is 20.2. The summed E-state index contributed by atoms with van der Waals surface area (Å²) in [5.74, 6) is -0.122. The minimum absolute atomic E-state index is 0.0436. The van der Waals surface area contributed by atoms with Crippen LogP contribution < -0.4 is 4.74 Å². The van der Waals surface area contributed by atoms with Crippen molar-refractivity contribution < 1.29 is 18.3 Å². The quantitative estimate of drug-likeness (QED) is 0.782. The monoisotopic (exact) mass is 388 g/mol. The molecule has 0 radical (unpaired) electrons. The molecule has 2 atom stereocenters. The number of amides is 1. The van der Waals surface area contributed by atoms with Crippen molar-refractivity contribution in [3.05, 3.63) is 65.2 Å². The van der Waals surface area contributed by atoms with E-state index < -0.39 is 0 Å². The van der Waals surface area contributed by atoms with Gasteiger partial charge in [0.25, 0.3) is 5.91 Å². The van der Waals surface area contributed by atoms with Gasteiger partial charge in [0, 0.05) is 31.7 Å². The lowest BCUT2D eigenvalue weighted by Crippen LogP contribution is -2.58.